The minimum Gasteiger partial charge on any atom is -0.508 e. The molecule has 16 heavy (non-hydrogen) atoms. The van der Waals surface area contributed by atoms with Crippen molar-refractivity contribution in [1.29, 1.82) is 0 Å². The zero-order valence-corrected chi connectivity index (χ0v) is 10.7. The van der Waals surface area contributed by atoms with Gasteiger partial charge < -0.3 is 14.2 Å². The summed E-state index contributed by atoms with van der Waals surface area (Å²) in [5, 5.41) is 9.83. The van der Waals surface area contributed by atoms with Gasteiger partial charge in [0.15, 0.2) is 0 Å². The lowest BCUT2D eigenvalue weighted by Gasteiger charge is -2.18. The number of benzene rings is 1. The summed E-state index contributed by atoms with van der Waals surface area (Å²) in [6.07, 6.45) is 0. The molecule has 4 nitrogen and oxygen atoms in total. The summed E-state index contributed by atoms with van der Waals surface area (Å²) in [5.74, 6) is 0.0558. The highest BCUT2D eigenvalue weighted by atomic mass is 31.2. The molecule has 0 aromatic heterocycles. The zero-order chi connectivity index (χ0) is 12.2. The molecule has 0 aliphatic carbocycles. The molecular formula is C11H17O4P. The molecule has 0 bridgehead atoms. The first kappa shape index (κ1) is 13.2. The quantitative estimate of drug-likeness (QED) is 0.809. The summed E-state index contributed by atoms with van der Waals surface area (Å²) in [6, 6.07) is 4.66. The van der Waals surface area contributed by atoms with Crippen molar-refractivity contribution in [2.45, 2.75) is 20.8 Å². The molecule has 5 heteroatoms. The van der Waals surface area contributed by atoms with Crippen LogP contribution in [0.3, 0.4) is 0 Å². The van der Waals surface area contributed by atoms with Crippen LogP contribution in [0.5, 0.6) is 5.75 Å². The fraction of sp³-hybridized carbons (Fsp3) is 0.455. The van der Waals surface area contributed by atoms with Crippen LogP contribution in [0.1, 0.15) is 19.4 Å². The van der Waals surface area contributed by atoms with Gasteiger partial charge in [-0.3, -0.25) is 4.57 Å². The van der Waals surface area contributed by atoms with Crippen LogP contribution < -0.4 is 5.30 Å². The summed E-state index contributed by atoms with van der Waals surface area (Å²) in [7, 11) is -3.30. The SMILES string of the molecule is CCOP(=O)(OCC)c1cc(O)ccc1C. The Bertz CT molecular complexity index is 393. The maximum absolute atomic E-state index is 12.4. The van der Waals surface area contributed by atoms with Gasteiger partial charge in [0.1, 0.15) is 5.75 Å². The fourth-order valence-electron chi connectivity index (χ4n) is 1.41. The second-order valence-corrected chi connectivity index (χ2v) is 5.30. The van der Waals surface area contributed by atoms with Crippen molar-refractivity contribution < 1.29 is 18.7 Å². The predicted octanol–water partition coefficient (Wildman–Crippen LogP) is 2.59. The van der Waals surface area contributed by atoms with Crippen LogP contribution in [0.4, 0.5) is 0 Å². The van der Waals surface area contributed by atoms with E-state index in [2.05, 4.69) is 0 Å². The lowest BCUT2D eigenvalue weighted by atomic mass is 10.2. The summed E-state index contributed by atoms with van der Waals surface area (Å²) in [4.78, 5) is 0. The summed E-state index contributed by atoms with van der Waals surface area (Å²) in [6.45, 7) is 5.91. The number of rotatable bonds is 5. The zero-order valence-electron chi connectivity index (χ0n) is 9.77. The smallest absolute Gasteiger partial charge is 0.361 e. The molecular weight excluding hydrogens is 227 g/mol. The Kier molecular flexibility index (Phi) is 4.54. The van der Waals surface area contributed by atoms with Crippen molar-refractivity contribution in [2.75, 3.05) is 13.2 Å². The number of hydrogen-bond donors (Lipinski definition) is 1. The van der Waals surface area contributed by atoms with Gasteiger partial charge in [-0.1, -0.05) is 6.07 Å². The number of aromatic hydroxyl groups is 1. The number of phenols is 1. The molecule has 0 aliphatic rings. The Morgan fingerprint density at radius 1 is 1.25 bits per heavy atom. The fourth-order valence-corrected chi connectivity index (χ4v) is 3.24. The minimum absolute atomic E-state index is 0.0558. The highest BCUT2D eigenvalue weighted by Crippen LogP contribution is 2.48. The Morgan fingerprint density at radius 2 is 1.81 bits per heavy atom. The van der Waals surface area contributed by atoms with Crippen LogP contribution in [-0.2, 0) is 13.6 Å². The molecule has 0 heterocycles. The van der Waals surface area contributed by atoms with E-state index in [4.69, 9.17) is 9.05 Å². The minimum atomic E-state index is -3.30. The molecule has 0 atom stereocenters. The highest BCUT2D eigenvalue weighted by molar-refractivity contribution is 7.62. The molecule has 0 radical (unpaired) electrons. The number of aryl methyl sites for hydroxylation is 1. The molecule has 0 spiro atoms. The van der Waals surface area contributed by atoms with Crippen LogP contribution in [0.15, 0.2) is 18.2 Å². The van der Waals surface area contributed by atoms with E-state index in [-0.39, 0.29) is 5.75 Å². The van der Waals surface area contributed by atoms with Gasteiger partial charge in [-0.15, -0.1) is 0 Å². The maximum atomic E-state index is 12.4. The lowest BCUT2D eigenvalue weighted by Crippen LogP contribution is -2.13. The van der Waals surface area contributed by atoms with E-state index in [0.29, 0.717) is 18.5 Å². The van der Waals surface area contributed by atoms with Crippen LogP contribution in [0.25, 0.3) is 0 Å². The van der Waals surface area contributed by atoms with Gasteiger partial charge in [-0.2, -0.15) is 0 Å². The third kappa shape index (κ3) is 2.85. The molecule has 1 rings (SSSR count). The molecule has 0 fully saturated rings. The van der Waals surface area contributed by atoms with E-state index in [1.165, 1.54) is 6.07 Å². The Morgan fingerprint density at radius 3 is 2.31 bits per heavy atom. The molecule has 0 saturated carbocycles. The Labute approximate surface area is 95.7 Å². The highest BCUT2D eigenvalue weighted by Gasteiger charge is 2.28. The first-order chi connectivity index (χ1) is 7.53. The van der Waals surface area contributed by atoms with E-state index in [9.17, 15) is 9.67 Å². The summed E-state index contributed by atoms with van der Waals surface area (Å²) in [5.41, 5.74) is 0.781. The first-order valence-corrected chi connectivity index (χ1v) is 6.77. The van der Waals surface area contributed by atoms with Crippen molar-refractivity contribution in [3.63, 3.8) is 0 Å². The van der Waals surface area contributed by atoms with Gasteiger partial charge in [0, 0.05) is 0 Å². The monoisotopic (exact) mass is 244 g/mol. The topological polar surface area (TPSA) is 55.8 Å². The normalized spacial score (nSPS) is 11.7. The second-order valence-electron chi connectivity index (χ2n) is 3.30. The second kappa shape index (κ2) is 5.48. The van der Waals surface area contributed by atoms with Gasteiger partial charge in [-0.25, -0.2) is 0 Å². The molecule has 0 aliphatic heterocycles. The van der Waals surface area contributed by atoms with E-state index < -0.39 is 7.60 Å². The molecule has 90 valence electrons. The van der Waals surface area contributed by atoms with Gasteiger partial charge in [0.05, 0.1) is 18.5 Å². The van der Waals surface area contributed by atoms with E-state index in [0.717, 1.165) is 5.56 Å². The summed E-state index contributed by atoms with van der Waals surface area (Å²) >= 11 is 0. The van der Waals surface area contributed by atoms with Crippen LogP contribution in [0, 0.1) is 6.92 Å². The molecule has 0 unspecified atom stereocenters. The van der Waals surface area contributed by atoms with Gasteiger partial charge in [0.25, 0.3) is 0 Å². The van der Waals surface area contributed by atoms with Crippen molar-refractivity contribution in [2.24, 2.45) is 0 Å². The van der Waals surface area contributed by atoms with Crippen molar-refractivity contribution in [3.05, 3.63) is 23.8 Å². The molecule has 1 N–H and O–H groups in total. The molecule has 1 aromatic carbocycles. The molecule has 0 saturated heterocycles. The van der Waals surface area contributed by atoms with Crippen LogP contribution in [-0.4, -0.2) is 18.3 Å². The van der Waals surface area contributed by atoms with Gasteiger partial charge in [-0.05, 0) is 38.5 Å². The third-order valence-corrected chi connectivity index (χ3v) is 4.35. The Balaban J connectivity index is 3.20. The standard InChI is InChI=1S/C11H17O4P/c1-4-14-16(13,15-5-2)11-8-10(12)7-6-9(11)3/h6-8,12H,4-5H2,1-3H3. The summed E-state index contributed by atoms with van der Waals surface area (Å²) < 4.78 is 22.9. The first-order valence-electron chi connectivity index (χ1n) is 5.22. The van der Waals surface area contributed by atoms with Crippen molar-refractivity contribution in [3.8, 4) is 5.75 Å². The third-order valence-electron chi connectivity index (χ3n) is 2.09. The number of phenolic OH excluding ortho intramolecular Hbond substituents is 1. The average molecular weight is 244 g/mol. The molecule has 0 amide bonds. The molecule has 1 aromatic rings. The van der Waals surface area contributed by atoms with Crippen LogP contribution in [0.2, 0.25) is 0 Å². The number of hydrogen-bond acceptors (Lipinski definition) is 4. The predicted molar refractivity (Wildman–Crippen MR) is 63.3 cm³/mol. The average Bonchev–Trinajstić information content (AvgIpc) is 2.22. The van der Waals surface area contributed by atoms with E-state index >= 15 is 0 Å². The van der Waals surface area contributed by atoms with E-state index in [1.54, 1.807) is 32.9 Å². The largest absolute Gasteiger partial charge is 0.508 e. The van der Waals surface area contributed by atoms with Gasteiger partial charge >= 0.3 is 7.60 Å². The van der Waals surface area contributed by atoms with Crippen molar-refractivity contribution in [1.82, 2.24) is 0 Å². The maximum Gasteiger partial charge on any atom is 0.361 e. The van der Waals surface area contributed by atoms with Crippen LogP contribution >= 0.6 is 7.60 Å². The van der Waals surface area contributed by atoms with Crippen molar-refractivity contribution >= 4 is 12.9 Å². The van der Waals surface area contributed by atoms with E-state index in [1.807, 2.05) is 0 Å². The Hall–Kier alpha value is -0.830. The van der Waals surface area contributed by atoms with Gasteiger partial charge in [0.2, 0.25) is 0 Å². The lowest BCUT2D eigenvalue weighted by molar-refractivity contribution is 0.229.